The van der Waals surface area contributed by atoms with E-state index in [1.165, 1.54) is 0 Å². The molecule has 1 fully saturated rings. The monoisotopic (exact) mass is 544 g/mol. The van der Waals surface area contributed by atoms with Gasteiger partial charge in [0, 0.05) is 5.56 Å². The average molecular weight is 544 g/mol. The number of esters is 1. The maximum absolute atomic E-state index is 14.5. The second kappa shape index (κ2) is 9.31. The molecular formula is C23H20F8O4S. The van der Waals surface area contributed by atoms with E-state index >= 15 is 0 Å². The Morgan fingerprint density at radius 1 is 0.861 bits per heavy atom. The normalized spacial score (nSPS) is 21.8. The van der Waals surface area contributed by atoms with Crippen molar-refractivity contribution < 1.29 is 53.1 Å². The Morgan fingerprint density at radius 2 is 1.33 bits per heavy atom. The second-order valence-corrected chi connectivity index (χ2v) is 10.7. The molecule has 198 valence electrons. The van der Waals surface area contributed by atoms with Crippen molar-refractivity contribution in [2.45, 2.75) is 53.3 Å². The van der Waals surface area contributed by atoms with Gasteiger partial charge >= 0.3 is 24.0 Å². The largest absolute Gasteiger partial charge is 0.469 e. The fourth-order valence-corrected chi connectivity index (χ4v) is 6.70. The third-order valence-corrected chi connectivity index (χ3v) is 9.12. The van der Waals surface area contributed by atoms with E-state index in [1.54, 1.807) is 0 Å². The number of halogens is 8. The number of rotatable bonds is 5. The van der Waals surface area contributed by atoms with Crippen LogP contribution in [-0.2, 0) is 29.8 Å². The van der Waals surface area contributed by atoms with Crippen LogP contribution in [0.25, 0.3) is 0 Å². The predicted octanol–water partition coefficient (Wildman–Crippen LogP) is 6.15. The zero-order valence-electron chi connectivity index (χ0n) is 18.6. The van der Waals surface area contributed by atoms with E-state index in [0.717, 1.165) is 31.4 Å². The van der Waals surface area contributed by atoms with Gasteiger partial charge in [0.2, 0.25) is 0 Å². The summed E-state index contributed by atoms with van der Waals surface area (Å²) in [7, 11) is -3.27. The van der Waals surface area contributed by atoms with Crippen LogP contribution in [0.1, 0.15) is 36.8 Å². The van der Waals surface area contributed by atoms with Crippen molar-refractivity contribution in [1.82, 2.24) is 0 Å². The third kappa shape index (κ3) is 4.46. The van der Waals surface area contributed by atoms with Crippen LogP contribution in [0.2, 0.25) is 0 Å². The Labute approximate surface area is 201 Å². The fourth-order valence-electron chi connectivity index (χ4n) is 4.53. The minimum Gasteiger partial charge on any atom is -0.469 e. The van der Waals surface area contributed by atoms with Crippen molar-refractivity contribution in [3.8, 4) is 0 Å². The molecule has 0 aliphatic heterocycles. The zero-order valence-corrected chi connectivity index (χ0v) is 19.4. The van der Waals surface area contributed by atoms with Gasteiger partial charge in [0.1, 0.15) is 10.6 Å². The molecule has 0 unspecified atom stereocenters. The van der Waals surface area contributed by atoms with E-state index in [2.05, 4.69) is 4.74 Å². The number of alkyl halides is 7. The number of sulfone groups is 1. The average Bonchev–Trinajstić information content (AvgIpc) is 2.82. The van der Waals surface area contributed by atoms with Crippen molar-refractivity contribution in [2.75, 3.05) is 7.11 Å². The van der Waals surface area contributed by atoms with Crippen LogP contribution in [0, 0.1) is 11.7 Å². The minimum absolute atomic E-state index is 0.0208. The van der Waals surface area contributed by atoms with Crippen LogP contribution in [-0.4, -0.2) is 33.8 Å². The second-order valence-electron chi connectivity index (χ2n) is 8.48. The first-order valence-electron chi connectivity index (χ1n) is 10.5. The number of methoxy groups -OCH3 is 1. The SMILES string of the molecule is COC(=O)C1CCC(c2ccc(C(F)(C(F)(F)F)C(F)(F)F)cc2)(S(=O)(=O)c2ccc(F)cc2)CC1. The molecule has 0 N–H and O–H groups in total. The summed E-state index contributed by atoms with van der Waals surface area (Å²) in [6.07, 6.45) is -13.2. The number of carbonyl (C=O) groups excluding carboxylic acids is 1. The van der Waals surface area contributed by atoms with Crippen LogP contribution < -0.4 is 0 Å². The standard InChI is InChI=1S/C23H20F8O4S/c1-35-19(32)14-10-12-20(13-11-14,36(33,34)18-8-6-17(24)7-9-18)15-2-4-16(5-3-15)21(25,22(26,27)28)23(29,30)31/h2-9,14H,10-13H2,1H3. The molecule has 3 rings (SSSR count). The molecule has 1 saturated carbocycles. The maximum Gasteiger partial charge on any atom is 0.435 e. The lowest BCUT2D eigenvalue weighted by atomic mass is 9.77. The van der Waals surface area contributed by atoms with Gasteiger partial charge in [-0.2, -0.15) is 26.3 Å². The highest BCUT2D eigenvalue weighted by molar-refractivity contribution is 7.92. The maximum atomic E-state index is 14.5. The number of carbonyl (C=O) groups is 1. The lowest BCUT2D eigenvalue weighted by molar-refractivity contribution is -0.348. The van der Waals surface area contributed by atoms with Crippen LogP contribution in [0.4, 0.5) is 35.1 Å². The van der Waals surface area contributed by atoms with Crippen molar-refractivity contribution in [3.63, 3.8) is 0 Å². The number of benzene rings is 2. The first-order valence-corrected chi connectivity index (χ1v) is 12.0. The molecule has 0 saturated heterocycles. The van der Waals surface area contributed by atoms with Gasteiger partial charge < -0.3 is 4.74 Å². The summed E-state index contributed by atoms with van der Waals surface area (Å²) in [6, 6.07) is 5.65. The van der Waals surface area contributed by atoms with Gasteiger partial charge in [-0.15, -0.1) is 0 Å². The Balaban J connectivity index is 2.14. The lowest BCUT2D eigenvalue weighted by Crippen LogP contribution is -2.50. The van der Waals surface area contributed by atoms with Gasteiger partial charge in [0.05, 0.1) is 17.9 Å². The van der Waals surface area contributed by atoms with E-state index < -0.39 is 55.9 Å². The van der Waals surface area contributed by atoms with E-state index in [-0.39, 0.29) is 48.3 Å². The summed E-state index contributed by atoms with van der Waals surface area (Å²) < 4.78 is 137. The molecule has 2 aromatic carbocycles. The Morgan fingerprint density at radius 3 is 1.75 bits per heavy atom. The molecule has 0 bridgehead atoms. The molecular weight excluding hydrogens is 524 g/mol. The summed E-state index contributed by atoms with van der Waals surface area (Å²) in [6.45, 7) is 0. The van der Waals surface area contributed by atoms with Crippen molar-refractivity contribution in [1.29, 1.82) is 0 Å². The predicted molar refractivity (Wildman–Crippen MR) is 111 cm³/mol. The zero-order chi connectivity index (χ0) is 27.2. The van der Waals surface area contributed by atoms with Crippen molar-refractivity contribution in [3.05, 3.63) is 65.5 Å². The van der Waals surface area contributed by atoms with E-state index in [4.69, 9.17) is 0 Å². The Hall–Kier alpha value is -2.70. The summed E-state index contributed by atoms with van der Waals surface area (Å²) in [5, 5.41) is 0. The smallest absolute Gasteiger partial charge is 0.435 e. The van der Waals surface area contributed by atoms with Gasteiger partial charge in [-0.25, -0.2) is 17.2 Å². The summed E-state index contributed by atoms with van der Waals surface area (Å²) >= 11 is 0. The molecule has 1 aliphatic rings. The first-order chi connectivity index (χ1) is 16.5. The fraction of sp³-hybridized carbons (Fsp3) is 0.435. The van der Waals surface area contributed by atoms with Gasteiger partial charge in [-0.1, -0.05) is 24.3 Å². The van der Waals surface area contributed by atoms with Gasteiger partial charge in [-0.3, -0.25) is 4.79 Å². The molecule has 0 heterocycles. The van der Waals surface area contributed by atoms with Crippen LogP contribution in [0.15, 0.2) is 53.4 Å². The molecule has 0 radical (unpaired) electrons. The quantitative estimate of drug-likeness (QED) is 0.258. The summed E-state index contributed by atoms with van der Waals surface area (Å²) in [4.78, 5) is 11.6. The summed E-state index contributed by atoms with van der Waals surface area (Å²) in [5.74, 6) is -2.02. The molecule has 4 nitrogen and oxygen atoms in total. The molecule has 0 amide bonds. The third-order valence-electron chi connectivity index (χ3n) is 6.56. The molecule has 13 heteroatoms. The number of hydrogen-bond donors (Lipinski definition) is 0. The van der Waals surface area contributed by atoms with Crippen LogP contribution in [0.5, 0.6) is 0 Å². The highest BCUT2D eigenvalue weighted by Gasteiger charge is 2.73. The summed E-state index contributed by atoms with van der Waals surface area (Å²) in [5.41, 5.74) is -7.63. The lowest BCUT2D eigenvalue weighted by Gasteiger charge is -2.39. The van der Waals surface area contributed by atoms with Crippen molar-refractivity contribution in [2.24, 2.45) is 5.92 Å². The van der Waals surface area contributed by atoms with Crippen molar-refractivity contribution >= 4 is 15.8 Å². The number of hydrogen-bond acceptors (Lipinski definition) is 4. The van der Waals surface area contributed by atoms with Crippen LogP contribution in [0.3, 0.4) is 0 Å². The highest BCUT2D eigenvalue weighted by Crippen LogP contribution is 2.54. The molecule has 0 aromatic heterocycles. The number of ether oxygens (including phenoxy) is 1. The van der Waals surface area contributed by atoms with Gasteiger partial charge in [0.25, 0.3) is 0 Å². The van der Waals surface area contributed by atoms with Crippen LogP contribution >= 0.6 is 0 Å². The highest BCUT2D eigenvalue weighted by atomic mass is 32.2. The Kier molecular flexibility index (Phi) is 7.21. The Bertz CT molecular complexity index is 1180. The van der Waals surface area contributed by atoms with E-state index in [1.807, 2.05) is 0 Å². The molecule has 0 atom stereocenters. The van der Waals surface area contributed by atoms with E-state index in [9.17, 15) is 48.3 Å². The van der Waals surface area contributed by atoms with Gasteiger partial charge in [0.15, 0.2) is 9.84 Å². The molecule has 0 spiro atoms. The minimum atomic E-state index is -6.33. The molecule has 36 heavy (non-hydrogen) atoms. The first kappa shape index (κ1) is 27.9. The van der Waals surface area contributed by atoms with E-state index in [0.29, 0.717) is 12.1 Å². The molecule has 1 aliphatic carbocycles. The molecule has 2 aromatic rings. The topological polar surface area (TPSA) is 60.4 Å². The van der Waals surface area contributed by atoms with Gasteiger partial charge in [-0.05, 0) is 55.5 Å².